The predicted octanol–water partition coefficient (Wildman–Crippen LogP) is 3.64. The Labute approximate surface area is 136 Å². The van der Waals surface area contributed by atoms with Crippen molar-refractivity contribution in [3.8, 4) is 0 Å². The minimum absolute atomic E-state index is 0.203. The van der Waals surface area contributed by atoms with Crippen LogP contribution in [0.2, 0.25) is 9.36 Å². The largest absolute Gasteiger partial charge is 0.368 e. The van der Waals surface area contributed by atoms with Gasteiger partial charge < -0.3 is 16.0 Å². The first-order valence-corrected chi connectivity index (χ1v) is 7.88. The summed E-state index contributed by atoms with van der Waals surface area (Å²) in [5.74, 6) is -0.203. The molecule has 0 saturated heterocycles. The third kappa shape index (κ3) is 2.74. The number of carbonyl (C=O) groups is 1. The highest BCUT2D eigenvalue weighted by Crippen LogP contribution is 2.38. The Bertz CT molecular complexity index is 716. The maximum atomic E-state index is 11.6. The molecule has 1 amide bonds. The average molecular weight is 342 g/mol. The van der Waals surface area contributed by atoms with Crippen LogP contribution in [0.4, 0.5) is 11.4 Å². The molecule has 1 aromatic heterocycles. The Morgan fingerprint density at radius 3 is 2.81 bits per heavy atom. The Balaban J connectivity index is 1.89. The minimum atomic E-state index is -0.645. The van der Waals surface area contributed by atoms with E-state index < -0.39 is 6.04 Å². The number of benzene rings is 1. The van der Waals surface area contributed by atoms with Gasteiger partial charge in [0, 0.05) is 23.2 Å². The first kappa shape index (κ1) is 14.7. The molecule has 0 radical (unpaired) electrons. The van der Waals surface area contributed by atoms with Gasteiger partial charge in [0.05, 0.1) is 21.6 Å². The molecule has 110 valence electrons. The van der Waals surface area contributed by atoms with Gasteiger partial charge in [-0.25, -0.2) is 0 Å². The smallest absolute Gasteiger partial charge is 0.245 e. The van der Waals surface area contributed by atoms with Gasteiger partial charge in [-0.3, -0.25) is 4.79 Å². The van der Waals surface area contributed by atoms with Crippen LogP contribution in [0.3, 0.4) is 0 Å². The first-order valence-electron chi connectivity index (χ1n) is 6.31. The molecule has 0 bridgehead atoms. The van der Waals surface area contributed by atoms with Gasteiger partial charge in [-0.05, 0) is 24.3 Å². The molecule has 4 nitrogen and oxygen atoms in total. The Kier molecular flexibility index (Phi) is 3.84. The van der Waals surface area contributed by atoms with E-state index >= 15 is 0 Å². The summed E-state index contributed by atoms with van der Waals surface area (Å²) in [5.41, 5.74) is 8.12. The van der Waals surface area contributed by atoms with E-state index in [1.165, 1.54) is 11.3 Å². The third-order valence-electron chi connectivity index (χ3n) is 3.43. The van der Waals surface area contributed by atoms with Gasteiger partial charge >= 0.3 is 0 Å². The number of hydrogen-bond acceptors (Lipinski definition) is 4. The van der Waals surface area contributed by atoms with Gasteiger partial charge in [-0.15, -0.1) is 11.3 Å². The fourth-order valence-electron chi connectivity index (χ4n) is 2.34. The highest BCUT2D eigenvalue weighted by atomic mass is 35.5. The molecule has 1 unspecified atom stereocenters. The van der Waals surface area contributed by atoms with Gasteiger partial charge in [0.2, 0.25) is 5.91 Å². The van der Waals surface area contributed by atoms with Gasteiger partial charge in [-0.2, -0.15) is 0 Å². The summed E-state index contributed by atoms with van der Waals surface area (Å²) >= 11 is 13.8. The van der Waals surface area contributed by atoms with E-state index in [1.54, 1.807) is 6.07 Å². The summed E-state index contributed by atoms with van der Waals surface area (Å²) in [6.07, 6.45) is 0. The number of nitrogens with two attached hydrogens (primary N) is 1. The van der Waals surface area contributed by atoms with E-state index in [4.69, 9.17) is 28.9 Å². The normalized spacial score (nSPS) is 16.8. The molecule has 3 rings (SSSR count). The minimum Gasteiger partial charge on any atom is -0.368 e. The van der Waals surface area contributed by atoms with Crippen LogP contribution >= 0.6 is 34.5 Å². The zero-order valence-electron chi connectivity index (χ0n) is 11.2. The lowest BCUT2D eigenvalue weighted by molar-refractivity contribution is -0.116. The van der Waals surface area contributed by atoms with Crippen LogP contribution in [0, 0.1) is 0 Å². The van der Waals surface area contributed by atoms with Gasteiger partial charge in [0.1, 0.15) is 6.04 Å². The number of nitrogens with one attached hydrogen (secondary N) is 1. The lowest BCUT2D eigenvalue weighted by Gasteiger charge is -2.21. The van der Waals surface area contributed by atoms with Gasteiger partial charge in [-0.1, -0.05) is 23.2 Å². The van der Waals surface area contributed by atoms with E-state index in [2.05, 4.69) is 5.32 Å². The van der Waals surface area contributed by atoms with E-state index in [9.17, 15) is 4.79 Å². The van der Waals surface area contributed by atoms with Crippen molar-refractivity contribution in [3.63, 3.8) is 0 Å². The van der Waals surface area contributed by atoms with Crippen molar-refractivity contribution in [3.05, 3.63) is 44.1 Å². The van der Waals surface area contributed by atoms with Crippen molar-refractivity contribution < 1.29 is 4.79 Å². The summed E-state index contributed by atoms with van der Waals surface area (Å²) in [7, 11) is 1.94. The second kappa shape index (κ2) is 5.50. The maximum Gasteiger partial charge on any atom is 0.245 e. The Hall–Kier alpha value is -1.27. The molecule has 0 saturated carbocycles. The Morgan fingerprint density at radius 1 is 1.38 bits per heavy atom. The molecule has 1 aliphatic rings. The third-order valence-corrected chi connectivity index (χ3v) is 4.95. The standard InChI is InChI=1S/C14H13Cl2N3OS/c1-19(6-7-2-3-12(16)21-7)11-5-10-8(4-9(11)15)13(17)14(20)18-10/h2-5,13H,6,17H2,1H3,(H,18,20). The zero-order valence-corrected chi connectivity index (χ0v) is 13.5. The van der Waals surface area contributed by atoms with Crippen molar-refractivity contribution in [1.29, 1.82) is 0 Å². The molecular formula is C14H13Cl2N3OS. The van der Waals surface area contributed by atoms with Crippen LogP contribution in [0.15, 0.2) is 24.3 Å². The van der Waals surface area contributed by atoms with Crippen molar-refractivity contribution in [2.24, 2.45) is 5.73 Å². The molecule has 0 spiro atoms. The van der Waals surface area contributed by atoms with Crippen LogP contribution in [-0.4, -0.2) is 13.0 Å². The topological polar surface area (TPSA) is 58.4 Å². The van der Waals surface area contributed by atoms with Crippen molar-refractivity contribution >= 4 is 51.8 Å². The number of amides is 1. The monoisotopic (exact) mass is 341 g/mol. The number of thiophene rings is 1. The molecular weight excluding hydrogens is 329 g/mol. The zero-order chi connectivity index (χ0) is 15.1. The lowest BCUT2D eigenvalue weighted by atomic mass is 10.1. The van der Waals surface area contributed by atoms with E-state index in [0.29, 0.717) is 11.6 Å². The molecule has 7 heteroatoms. The van der Waals surface area contributed by atoms with Crippen molar-refractivity contribution in [2.45, 2.75) is 12.6 Å². The molecule has 3 N–H and O–H groups in total. The van der Waals surface area contributed by atoms with Crippen LogP contribution in [0.1, 0.15) is 16.5 Å². The first-order chi connectivity index (χ1) is 9.95. The van der Waals surface area contributed by atoms with Gasteiger partial charge in [0.25, 0.3) is 0 Å². The summed E-state index contributed by atoms with van der Waals surface area (Å²) in [5, 5.41) is 3.34. The maximum absolute atomic E-state index is 11.6. The molecule has 1 aliphatic heterocycles. The number of fused-ring (bicyclic) bond motifs is 1. The van der Waals surface area contributed by atoms with Gasteiger partial charge in [0.15, 0.2) is 0 Å². The molecule has 1 aromatic carbocycles. The number of hydrogen-bond donors (Lipinski definition) is 2. The highest BCUT2D eigenvalue weighted by molar-refractivity contribution is 7.16. The fraction of sp³-hybridized carbons (Fsp3) is 0.214. The SMILES string of the molecule is CN(Cc1ccc(Cl)s1)c1cc2c(cc1Cl)C(N)C(=O)N2. The number of rotatable bonds is 3. The second-order valence-electron chi connectivity index (χ2n) is 4.92. The molecule has 1 atom stereocenters. The van der Waals surface area contributed by atoms with Crippen molar-refractivity contribution in [2.75, 3.05) is 17.3 Å². The van der Waals surface area contributed by atoms with E-state index in [-0.39, 0.29) is 5.91 Å². The number of nitrogens with zero attached hydrogens (tertiary/aromatic N) is 1. The fourth-order valence-corrected chi connectivity index (χ4v) is 3.80. The van der Waals surface area contributed by atoms with Crippen molar-refractivity contribution in [1.82, 2.24) is 0 Å². The summed E-state index contributed by atoms with van der Waals surface area (Å²) in [4.78, 5) is 14.8. The summed E-state index contributed by atoms with van der Waals surface area (Å²) < 4.78 is 0.761. The quantitative estimate of drug-likeness (QED) is 0.895. The molecule has 2 aromatic rings. The van der Waals surface area contributed by atoms with Crippen LogP contribution < -0.4 is 16.0 Å². The Morgan fingerprint density at radius 2 is 2.14 bits per heavy atom. The van der Waals surface area contributed by atoms with E-state index in [1.807, 2.05) is 30.1 Å². The lowest BCUT2D eigenvalue weighted by Crippen LogP contribution is -2.19. The van der Waals surface area contributed by atoms with Crippen LogP contribution in [0.5, 0.6) is 0 Å². The number of anilines is 2. The molecule has 21 heavy (non-hydrogen) atoms. The second-order valence-corrected chi connectivity index (χ2v) is 7.13. The number of halogens is 2. The summed E-state index contributed by atoms with van der Waals surface area (Å²) in [6, 6.07) is 6.83. The molecule has 2 heterocycles. The number of carbonyl (C=O) groups excluding carboxylic acids is 1. The van der Waals surface area contributed by atoms with Crippen LogP contribution in [-0.2, 0) is 11.3 Å². The van der Waals surface area contributed by atoms with E-state index in [0.717, 1.165) is 26.2 Å². The molecule has 0 aliphatic carbocycles. The highest BCUT2D eigenvalue weighted by Gasteiger charge is 2.28. The molecule has 0 fully saturated rings. The summed E-state index contributed by atoms with van der Waals surface area (Å²) in [6.45, 7) is 0.690. The van der Waals surface area contributed by atoms with Crippen LogP contribution in [0.25, 0.3) is 0 Å². The average Bonchev–Trinajstić information content (AvgIpc) is 2.95. The predicted molar refractivity (Wildman–Crippen MR) is 88.4 cm³/mol.